The minimum Gasteiger partial charge on any atom is -0.492 e. The van der Waals surface area contributed by atoms with E-state index in [2.05, 4.69) is 18.0 Å². The van der Waals surface area contributed by atoms with Gasteiger partial charge in [-0.15, -0.1) is 0 Å². The Hall–Kier alpha value is -2.69. The quantitative estimate of drug-likeness (QED) is 0.508. The third kappa shape index (κ3) is 3.87. The van der Waals surface area contributed by atoms with Gasteiger partial charge >= 0.3 is 0 Å². The zero-order valence-electron chi connectivity index (χ0n) is 15.4. The van der Waals surface area contributed by atoms with Gasteiger partial charge in [-0.1, -0.05) is 67.9 Å². The maximum atomic E-state index is 6.17. The van der Waals surface area contributed by atoms with Crippen LogP contribution in [0.4, 0.5) is 0 Å². The first kappa shape index (κ1) is 17.7. The van der Waals surface area contributed by atoms with Crippen LogP contribution >= 0.6 is 0 Å². The van der Waals surface area contributed by atoms with Crippen LogP contribution in [0.5, 0.6) is 5.75 Å². The van der Waals surface area contributed by atoms with Crippen molar-refractivity contribution in [1.82, 2.24) is 4.98 Å². The van der Waals surface area contributed by atoms with Gasteiger partial charge in [-0.2, -0.15) is 0 Å². The van der Waals surface area contributed by atoms with Crippen LogP contribution in [0.1, 0.15) is 43.5 Å². The molecule has 2 aromatic carbocycles. The average molecular weight is 361 g/mol. The fraction of sp³-hybridized carbons (Fsp3) is 0.261. The van der Waals surface area contributed by atoms with E-state index in [4.69, 9.17) is 14.2 Å². The van der Waals surface area contributed by atoms with Crippen molar-refractivity contribution < 1.29 is 14.2 Å². The molecular weight excluding hydrogens is 338 g/mol. The minimum atomic E-state index is -0.427. The Bertz CT molecular complexity index is 861. The third-order valence-electron chi connectivity index (χ3n) is 4.58. The van der Waals surface area contributed by atoms with E-state index in [1.165, 1.54) is 0 Å². The van der Waals surface area contributed by atoms with E-state index in [1.54, 1.807) is 6.20 Å². The molecule has 4 nitrogen and oxygen atoms in total. The van der Waals surface area contributed by atoms with Gasteiger partial charge in [0.15, 0.2) is 12.6 Å². The summed E-state index contributed by atoms with van der Waals surface area (Å²) in [6.07, 6.45) is 4.94. The Balaban J connectivity index is 1.60. The number of nitrogens with zero attached hydrogens (tertiary/aromatic N) is 1. The first-order chi connectivity index (χ1) is 13.4. The molecular formula is C23H23NO3. The summed E-state index contributed by atoms with van der Waals surface area (Å²) in [5.74, 6) is 0.815. The molecule has 0 saturated carbocycles. The van der Waals surface area contributed by atoms with Gasteiger partial charge in [0.05, 0.1) is 12.2 Å². The zero-order chi connectivity index (χ0) is 18.5. The van der Waals surface area contributed by atoms with Crippen molar-refractivity contribution in [3.8, 4) is 16.9 Å². The van der Waals surface area contributed by atoms with Gasteiger partial charge < -0.3 is 14.2 Å². The van der Waals surface area contributed by atoms with Gasteiger partial charge in [-0.25, -0.2) is 0 Å². The number of para-hydroxylation sites is 1. The number of benzene rings is 2. The van der Waals surface area contributed by atoms with Gasteiger partial charge in [-0.3, -0.25) is 4.98 Å². The third-order valence-corrected chi connectivity index (χ3v) is 4.58. The molecule has 1 aliphatic heterocycles. The van der Waals surface area contributed by atoms with Crippen molar-refractivity contribution in [3.05, 3.63) is 84.2 Å². The summed E-state index contributed by atoms with van der Waals surface area (Å²) >= 11 is 0. The highest BCUT2D eigenvalue weighted by atomic mass is 16.9. The van der Waals surface area contributed by atoms with E-state index in [0.717, 1.165) is 40.8 Å². The van der Waals surface area contributed by atoms with Crippen LogP contribution in [0, 0.1) is 0 Å². The molecule has 4 rings (SSSR count). The molecule has 1 aromatic heterocycles. The first-order valence-corrected chi connectivity index (χ1v) is 9.39. The monoisotopic (exact) mass is 361 g/mol. The standard InChI is InChI=1S/C23H23NO3/c1-2-3-15-25-21-19(18-11-8-14-24-16-18)12-7-13-20(21)23-26-22(27-23)17-9-5-4-6-10-17/h4-14,16,22-23H,2-3,15H2,1H3. The largest absolute Gasteiger partial charge is 0.492 e. The molecule has 2 heterocycles. The topological polar surface area (TPSA) is 40.6 Å². The smallest absolute Gasteiger partial charge is 0.194 e. The van der Waals surface area contributed by atoms with Crippen LogP contribution in [-0.2, 0) is 9.47 Å². The summed E-state index contributed by atoms with van der Waals surface area (Å²) in [4.78, 5) is 4.24. The number of hydrogen-bond donors (Lipinski definition) is 0. The predicted octanol–water partition coefficient (Wildman–Crippen LogP) is 5.67. The Morgan fingerprint density at radius 2 is 1.78 bits per heavy atom. The lowest BCUT2D eigenvalue weighted by atomic mass is 10.0. The molecule has 0 unspecified atom stereocenters. The molecule has 0 spiro atoms. The average Bonchev–Trinajstić information content (AvgIpc) is 2.69. The van der Waals surface area contributed by atoms with Gasteiger partial charge in [0, 0.05) is 29.1 Å². The molecule has 27 heavy (non-hydrogen) atoms. The van der Waals surface area contributed by atoms with Crippen molar-refractivity contribution in [3.63, 3.8) is 0 Å². The molecule has 0 N–H and O–H groups in total. The highest BCUT2D eigenvalue weighted by Gasteiger charge is 2.36. The Morgan fingerprint density at radius 3 is 2.52 bits per heavy atom. The number of hydrogen-bond acceptors (Lipinski definition) is 4. The lowest BCUT2D eigenvalue weighted by Crippen LogP contribution is -2.27. The normalized spacial score (nSPS) is 18.7. The second-order valence-corrected chi connectivity index (χ2v) is 6.51. The molecule has 138 valence electrons. The van der Waals surface area contributed by atoms with Gasteiger partial charge in [-0.05, 0) is 12.5 Å². The van der Waals surface area contributed by atoms with Crippen LogP contribution in [0.15, 0.2) is 73.1 Å². The number of aromatic nitrogens is 1. The maximum absolute atomic E-state index is 6.17. The lowest BCUT2D eigenvalue weighted by molar-refractivity contribution is -0.397. The molecule has 1 aliphatic rings. The van der Waals surface area contributed by atoms with Crippen LogP contribution in [0.2, 0.25) is 0 Å². The summed E-state index contributed by atoms with van der Waals surface area (Å²) in [5, 5.41) is 0. The van der Waals surface area contributed by atoms with Gasteiger partial charge in [0.2, 0.25) is 0 Å². The fourth-order valence-corrected chi connectivity index (χ4v) is 3.12. The van der Waals surface area contributed by atoms with Crippen LogP contribution in [-0.4, -0.2) is 11.6 Å². The fourth-order valence-electron chi connectivity index (χ4n) is 3.12. The molecule has 1 saturated heterocycles. The molecule has 0 aliphatic carbocycles. The summed E-state index contributed by atoms with van der Waals surface area (Å²) in [7, 11) is 0. The van der Waals surface area contributed by atoms with Crippen molar-refractivity contribution in [2.45, 2.75) is 32.3 Å². The van der Waals surface area contributed by atoms with E-state index in [0.29, 0.717) is 6.61 Å². The second-order valence-electron chi connectivity index (χ2n) is 6.51. The van der Waals surface area contributed by atoms with Gasteiger partial charge in [0.25, 0.3) is 0 Å². The van der Waals surface area contributed by atoms with Crippen molar-refractivity contribution in [1.29, 1.82) is 0 Å². The minimum absolute atomic E-state index is 0.332. The zero-order valence-corrected chi connectivity index (χ0v) is 15.4. The van der Waals surface area contributed by atoms with Crippen LogP contribution < -0.4 is 4.74 Å². The number of ether oxygens (including phenoxy) is 3. The summed E-state index contributed by atoms with van der Waals surface area (Å²) < 4.78 is 18.2. The van der Waals surface area contributed by atoms with E-state index in [1.807, 2.05) is 60.8 Å². The van der Waals surface area contributed by atoms with Crippen molar-refractivity contribution >= 4 is 0 Å². The molecule has 4 heteroatoms. The number of unbranched alkanes of at least 4 members (excludes halogenated alkanes) is 1. The second kappa shape index (κ2) is 8.33. The SMILES string of the molecule is CCCCOc1c(-c2cccnc2)cccc1C1OC(c2ccccc2)O1. The number of rotatable bonds is 7. The molecule has 0 amide bonds. The highest BCUT2D eigenvalue weighted by Crippen LogP contribution is 2.46. The van der Waals surface area contributed by atoms with E-state index in [9.17, 15) is 0 Å². The molecule has 0 radical (unpaired) electrons. The maximum Gasteiger partial charge on any atom is 0.194 e. The molecule has 1 fully saturated rings. The van der Waals surface area contributed by atoms with Crippen molar-refractivity contribution in [2.75, 3.05) is 6.61 Å². The Labute approximate surface area is 159 Å². The number of pyridine rings is 1. The van der Waals surface area contributed by atoms with Crippen molar-refractivity contribution in [2.24, 2.45) is 0 Å². The van der Waals surface area contributed by atoms with Gasteiger partial charge in [0.1, 0.15) is 5.75 Å². The van der Waals surface area contributed by atoms with E-state index >= 15 is 0 Å². The predicted molar refractivity (Wildman–Crippen MR) is 104 cm³/mol. The summed E-state index contributed by atoms with van der Waals surface area (Å²) in [5.41, 5.74) is 3.96. The first-order valence-electron chi connectivity index (χ1n) is 9.39. The van der Waals surface area contributed by atoms with Crippen LogP contribution in [0.3, 0.4) is 0 Å². The van der Waals surface area contributed by atoms with Crippen LogP contribution in [0.25, 0.3) is 11.1 Å². The molecule has 0 atom stereocenters. The summed E-state index contributed by atoms with van der Waals surface area (Å²) in [6.45, 7) is 2.81. The Morgan fingerprint density at radius 1 is 0.926 bits per heavy atom. The molecule has 3 aromatic rings. The Kier molecular flexibility index (Phi) is 5.47. The summed E-state index contributed by atoms with van der Waals surface area (Å²) in [6, 6.07) is 20.0. The lowest BCUT2D eigenvalue weighted by Gasteiger charge is -2.37. The van der Waals surface area contributed by atoms with E-state index in [-0.39, 0.29) is 6.29 Å². The highest BCUT2D eigenvalue weighted by molar-refractivity contribution is 5.71. The molecule has 0 bridgehead atoms. The van der Waals surface area contributed by atoms with E-state index < -0.39 is 6.29 Å².